The topological polar surface area (TPSA) is 70.2 Å². The highest BCUT2D eigenvalue weighted by molar-refractivity contribution is 5.88. The summed E-state index contributed by atoms with van der Waals surface area (Å²) in [5.74, 6) is -0.146. The molecule has 128 valence electrons. The van der Waals surface area contributed by atoms with E-state index in [0.29, 0.717) is 22.8 Å². The second kappa shape index (κ2) is 6.72. The maximum Gasteiger partial charge on any atom is 0.356 e. The van der Waals surface area contributed by atoms with Gasteiger partial charge in [0.1, 0.15) is 23.0 Å². The molecule has 2 heterocycles. The number of aryl methyl sites for hydroxylation is 2. The predicted octanol–water partition coefficient (Wildman–Crippen LogP) is 3.48. The number of carbonyl (C=O) groups excluding carboxylic acids is 1. The first-order valence-electron chi connectivity index (χ1n) is 7.52. The van der Waals surface area contributed by atoms with Gasteiger partial charge < -0.3 is 9.26 Å². The summed E-state index contributed by atoms with van der Waals surface area (Å²) in [4.78, 5) is 11.6. The number of ether oxygens (including phenoxy) is 1. The fraction of sp³-hybridized carbons (Fsp3) is 0.167. The Balaban J connectivity index is 1.93. The van der Waals surface area contributed by atoms with Crippen LogP contribution in [0.4, 0.5) is 4.39 Å². The molecule has 25 heavy (non-hydrogen) atoms. The maximum absolute atomic E-state index is 13.1. The van der Waals surface area contributed by atoms with E-state index in [1.54, 1.807) is 44.3 Å². The Morgan fingerprint density at radius 1 is 1.28 bits per heavy atom. The highest BCUT2D eigenvalue weighted by Gasteiger charge is 2.14. The molecule has 1 aromatic carbocycles. The monoisotopic (exact) mass is 341 g/mol. The maximum atomic E-state index is 13.1. The molecule has 0 fully saturated rings. The number of rotatable bonds is 4. The SMILES string of the molecule is COC(=O)c1cc(/C=C\c2c(-c3ccc(F)cc3)noc2C)nn1C. The molecule has 0 aliphatic rings. The second-order valence-electron chi connectivity index (χ2n) is 5.41. The van der Waals surface area contributed by atoms with Crippen LogP contribution >= 0.6 is 0 Å². The molecular weight excluding hydrogens is 325 g/mol. The van der Waals surface area contributed by atoms with Crippen molar-refractivity contribution in [1.82, 2.24) is 14.9 Å². The Morgan fingerprint density at radius 2 is 2.00 bits per heavy atom. The molecule has 2 aromatic heterocycles. The summed E-state index contributed by atoms with van der Waals surface area (Å²) in [6, 6.07) is 7.64. The standard InChI is InChI=1S/C18H16FN3O3/c1-11-15(17(21-25-11)12-4-6-13(19)7-5-12)9-8-14-10-16(18(23)24-3)22(2)20-14/h4-10H,1-3H3/b9-8-. The van der Waals surface area contributed by atoms with E-state index in [1.807, 2.05) is 0 Å². The van der Waals surface area contributed by atoms with Crippen molar-refractivity contribution in [2.45, 2.75) is 6.92 Å². The molecule has 0 unspecified atom stereocenters. The van der Waals surface area contributed by atoms with Crippen LogP contribution in [0.25, 0.3) is 23.4 Å². The van der Waals surface area contributed by atoms with Crippen LogP contribution in [-0.4, -0.2) is 28.0 Å². The van der Waals surface area contributed by atoms with E-state index in [0.717, 1.165) is 11.1 Å². The molecule has 0 saturated heterocycles. The third-order valence-electron chi connectivity index (χ3n) is 3.74. The van der Waals surface area contributed by atoms with Gasteiger partial charge in [0, 0.05) is 18.2 Å². The van der Waals surface area contributed by atoms with Crippen molar-refractivity contribution in [2.24, 2.45) is 7.05 Å². The Morgan fingerprint density at radius 3 is 2.68 bits per heavy atom. The van der Waals surface area contributed by atoms with Crippen LogP contribution in [0.1, 0.15) is 27.5 Å². The van der Waals surface area contributed by atoms with E-state index in [1.165, 1.54) is 23.9 Å². The number of methoxy groups -OCH3 is 1. The summed E-state index contributed by atoms with van der Waals surface area (Å²) in [5.41, 5.74) is 3.06. The van der Waals surface area contributed by atoms with Crippen molar-refractivity contribution < 1.29 is 18.4 Å². The van der Waals surface area contributed by atoms with E-state index in [2.05, 4.69) is 10.3 Å². The van der Waals surface area contributed by atoms with Crippen molar-refractivity contribution in [3.63, 3.8) is 0 Å². The average Bonchev–Trinajstić information content (AvgIpc) is 3.16. The van der Waals surface area contributed by atoms with Gasteiger partial charge in [0.05, 0.1) is 12.8 Å². The predicted molar refractivity (Wildman–Crippen MR) is 90.1 cm³/mol. The minimum atomic E-state index is -0.456. The zero-order valence-corrected chi connectivity index (χ0v) is 14.0. The van der Waals surface area contributed by atoms with Crippen molar-refractivity contribution in [2.75, 3.05) is 7.11 Å². The number of esters is 1. The lowest BCUT2D eigenvalue weighted by Gasteiger charge is -1.98. The van der Waals surface area contributed by atoms with Crippen molar-refractivity contribution in [3.05, 3.63) is 58.9 Å². The van der Waals surface area contributed by atoms with Gasteiger partial charge in [0.15, 0.2) is 0 Å². The molecule has 0 atom stereocenters. The third-order valence-corrected chi connectivity index (χ3v) is 3.74. The lowest BCUT2D eigenvalue weighted by molar-refractivity contribution is 0.0588. The summed E-state index contributed by atoms with van der Waals surface area (Å²) >= 11 is 0. The van der Waals surface area contributed by atoms with Crippen LogP contribution in [0.15, 0.2) is 34.9 Å². The van der Waals surface area contributed by atoms with E-state index < -0.39 is 5.97 Å². The van der Waals surface area contributed by atoms with Gasteiger partial charge in [-0.1, -0.05) is 5.16 Å². The normalized spacial score (nSPS) is 11.2. The summed E-state index contributed by atoms with van der Waals surface area (Å²) in [7, 11) is 2.98. The van der Waals surface area contributed by atoms with Gasteiger partial charge in [-0.3, -0.25) is 4.68 Å². The summed E-state index contributed by atoms with van der Waals surface area (Å²) in [5, 5.41) is 8.29. The van der Waals surface area contributed by atoms with E-state index in [-0.39, 0.29) is 5.82 Å². The average molecular weight is 341 g/mol. The highest BCUT2D eigenvalue weighted by atomic mass is 19.1. The Hall–Kier alpha value is -3.22. The largest absolute Gasteiger partial charge is 0.464 e. The second-order valence-corrected chi connectivity index (χ2v) is 5.41. The van der Waals surface area contributed by atoms with Crippen LogP contribution in [0.5, 0.6) is 0 Å². The van der Waals surface area contributed by atoms with Gasteiger partial charge in [-0.25, -0.2) is 9.18 Å². The fourth-order valence-electron chi connectivity index (χ4n) is 2.43. The van der Waals surface area contributed by atoms with Gasteiger partial charge in [-0.15, -0.1) is 0 Å². The van der Waals surface area contributed by atoms with Gasteiger partial charge in [0.2, 0.25) is 0 Å². The molecule has 0 saturated carbocycles. The van der Waals surface area contributed by atoms with E-state index in [4.69, 9.17) is 9.26 Å². The first-order valence-corrected chi connectivity index (χ1v) is 7.52. The first-order chi connectivity index (χ1) is 12.0. The highest BCUT2D eigenvalue weighted by Crippen LogP contribution is 2.27. The number of halogens is 1. The quantitative estimate of drug-likeness (QED) is 0.680. The number of nitrogens with zero attached hydrogens (tertiary/aromatic N) is 3. The van der Waals surface area contributed by atoms with E-state index >= 15 is 0 Å². The number of hydrogen-bond donors (Lipinski definition) is 0. The molecule has 0 bridgehead atoms. The molecular formula is C18H16FN3O3. The zero-order valence-electron chi connectivity index (χ0n) is 14.0. The van der Waals surface area contributed by atoms with E-state index in [9.17, 15) is 9.18 Å². The molecule has 6 nitrogen and oxygen atoms in total. The Kier molecular flexibility index (Phi) is 4.47. The molecule has 0 amide bonds. The van der Waals surface area contributed by atoms with Gasteiger partial charge >= 0.3 is 5.97 Å². The zero-order chi connectivity index (χ0) is 18.0. The van der Waals surface area contributed by atoms with Crippen LogP contribution in [0.2, 0.25) is 0 Å². The molecule has 3 aromatic rings. The molecule has 0 aliphatic carbocycles. The smallest absolute Gasteiger partial charge is 0.356 e. The number of benzene rings is 1. The molecule has 0 N–H and O–H groups in total. The van der Waals surface area contributed by atoms with Crippen molar-refractivity contribution in [3.8, 4) is 11.3 Å². The third kappa shape index (κ3) is 3.35. The molecule has 0 aliphatic heterocycles. The van der Waals surface area contributed by atoms with Gasteiger partial charge in [0.25, 0.3) is 0 Å². The number of hydrogen-bond acceptors (Lipinski definition) is 5. The lowest BCUT2D eigenvalue weighted by Crippen LogP contribution is -2.07. The number of carbonyl (C=O) groups is 1. The van der Waals surface area contributed by atoms with Gasteiger partial charge in [-0.05, 0) is 49.4 Å². The van der Waals surface area contributed by atoms with Crippen LogP contribution < -0.4 is 0 Å². The van der Waals surface area contributed by atoms with Gasteiger partial charge in [-0.2, -0.15) is 5.10 Å². The van der Waals surface area contributed by atoms with Crippen LogP contribution in [0, 0.1) is 12.7 Å². The van der Waals surface area contributed by atoms with Crippen LogP contribution in [0.3, 0.4) is 0 Å². The van der Waals surface area contributed by atoms with Crippen LogP contribution in [-0.2, 0) is 11.8 Å². The Bertz CT molecular complexity index is 939. The van der Waals surface area contributed by atoms with Crippen molar-refractivity contribution >= 4 is 18.1 Å². The minimum absolute atomic E-state index is 0.315. The summed E-state index contributed by atoms with van der Waals surface area (Å²) in [6.07, 6.45) is 3.55. The lowest BCUT2D eigenvalue weighted by atomic mass is 10.1. The first kappa shape index (κ1) is 16.6. The molecule has 0 spiro atoms. The van der Waals surface area contributed by atoms with Crippen molar-refractivity contribution in [1.29, 1.82) is 0 Å². The summed E-state index contributed by atoms with van der Waals surface area (Å²) < 4.78 is 24.5. The molecule has 3 rings (SSSR count). The summed E-state index contributed by atoms with van der Waals surface area (Å²) in [6.45, 7) is 1.79. The fourth-order valence-corrected chi connectivity index (χ4v) is 2.43. The molecule has 7 heteroatoms. The Labute approximate surface area is 143 Å². The number of aromatic nitrogens is 3. The molecule has 0 radical (unpaired) electrons. The minimum Gasteiger partial charge on any atom is -0.464 e.